The van der Waals surface area contributed by atoms with Crippen molar-refractivity contribution in [1.82, 2.24) is 20.2 Å². The minimum absolute atomic E-state index is 0.0104. The average Bonchev–Trinajstić information content (AvgIpc) is 3.67. The van der Waals surface area contributed by atoms with Gasteiger partial charge >= 0.3 is 12.4 Å². The van der Waals surface area contributed by atoms with Crippen molar-refractivity contribution in [3.8, 4) is 10.4 Å². The van der Waals surface area contributed by atoms with Gasteiger partial charge in [-0.3, -0.25) is 9.59 Å². The third-order valence-corrected chi connectivity index (χ3v) is 8.48. The maximum atomic E-state index is 14.2. The van der Waals surface area contributed by atoms with Crippen LogP contribution >= 0.6 is 11.3 Å². The average molecular weight is 594 g/mol. The number of pyridine rings is 1. The largest absolute Gasteiger partial charge is 0.417 e. The zero-order chi connectivity index (χ0) is 29.0. The molecule has 2 aromatic rings. The highest BCUT2D eigenvalue weighted by Crippen LogP contribution is 2.44. The summed E-state index contributed by atoms with van der Waals surface area (Å²) in [5, 5.41) is 14.1. The Hall–Kier alpha value is -2.98. The Balaban J connectivity index is 1.56. The number of carbonyl (C=O) groups excluding carboxylic acids is 2. The van der Waals surface area contributed by atoms with Crippen molar-refractivity contribution in [2.24, 2.45) is 0 Å². The first-order valence-electron chi connectivity index (χ1n) is 12.5. The number of anilines is 1. The zero-order valence-electron chi connectivity index (χ0n) is 21.0. The number of rotatable bonds is 6. The van der Waals surface area contributed by atoms with Crippen molar-refractivity contribution in [2.45, 2.75) is 75.2 Å². The van der Waals surface area contributed by atoms with Crippen LogP contribution in [-0.4, -0.2) is 81.5 Å². The summed E-state index contributed by atoms with van der Waals surface area (Å²) in [5.41, 5.74) is -2.30. The predicted molar refractivity (Wildman–Crippen MR) is 130 cm³/mol. The smallest absolute Gasteiger partial charge is 0.388 e. The van der Waals surface area contributed by atoms with E-state index >= 15 is 0 Å². The maximum Gasteiger partial charge on any atom is 0.417 e. The Kier molecular flexibility index (Phi) is 7.46. The summed E-state index contributed by atoms with van der Waals surface area (Å²) in [5.74, 6) is -2.10. The molecule has 0 unspecified atom stereocenters. The van der Waals surface area contributed by atoms with E-state index in [1.807, 2.05) is 5.32 Å². The molecule has 218 valence electrons. The monoisotopic (exact) mass is 593 g/mol. The number of alkyl halides is 6. The van der Waals surface area contributed by atoms with Crippen LogP contribution in [0.3, 0.4) is 0 Å². The Morgan fingerprint density at radius 3 is 2.33 bits per heavy atom. The second-order valence-corrected chi connectivity index (χ2v) is 11.1. The van der Waals surface area contributed by atoms with Crippen molar-refractivity contribution >= 4 is 29.0 Å². The molecular weight excluding hydrogens is 568 g/mol. The molecular formula is C24H25F6N5O4S. The number of ether oxygens (including phenoxy) is 1. The highest BCUT2D eigenvalue weighted by Gasteiger charge is 2.45. The van der Waals surface area contributed by atoms with E-state index in [2.05, 4.69) is 15.3 Å². The van der Waals surface area contributed by atoms with E-state index in [1.165, 1.54) is 0 Å². The van der Waals surface area contributed by atoms with Gasteiger partial charge < -0.3 is 25.4 Å². The second-order valence-electron chi connectivity index (χ2n) is 10.1. The molecule has 9 nitrogen and oxygen atoms in total. The van der Waals surface area contributed by atoms with Gasteiger partial charge in [0, 0.05) is 23.8 Å². The van der Waals surface area contributed by atoms with Crippen LogP contribution in [0.15, 0.2) is 12.3 Å². The Morgan fingerprint density at radius 2 is 1.77 bits per heavy atom. The molecule has 0 aliphatic carbocycles. The van der Waals surface area contributed by atoms with Gasteiger partial charge in [-0.2, -0.15) is 26.3 Å². The first kappa shape index (κ1) is 28.5. The fourth-order valence-corrected chi connectivity index (χ4v) is 6.26. The Labute approximate surface area is 227 Å². The fraction of sp³-hybridized carbons (Fsp3) is 0.583. The van der Waals surface area contributed by atoms with Crippen LogP contribution in [0.1, 0.15) is 58.5 Å². The second kappa shape index (κ2) is 10.4. The van der Waals surface area contributed by atoms with Gasteiger partial charge in [-0.15, -0.1) is 11.3 Å². The summed E-state index contributed by atoms with van der Waals surface area (Å²) in [6, 6.07) is -2.70. The molecule has 40 heavy (non-hydrogen) atoms. The van der Waals surface area contributed by atoms with Crippen LogP contribution < -0.4 is 10.6 Å². The molecule has 5 heterocycles. The van der Waals surface area contributed by atoms with Gasteiger partial charge in [-0.05, 0) is 38.7 Å². The number of carbonyl (C=O) groups is 2. The molecule has 0 radical (unpaired) electrons. The molecule has 3 aliphatic rings. The summed E-state index contributed by atoms with van der Waals surface area (Å²) in [6.45, 7) is 0.745. The first-order valence-corrected chi connectivity index (χ1v) is 13.4. The molecule has 3 atom stereocenters. The van der Waals surface area contributed by atoms with Crippen LogP contribution in [0.25, 0.3) is 10.4 Å². The fourth-order valence-electron chi connectivity index (χ4n) is 5.28. The zero-order valence-corrected chi connectivity index (χ0v) is 21.8. The molecule has 16 heteroatoms. The van der Waals surface area contributed by atoms with Crippen LogP contribution in [0, 0.1) is 0 Å². The topological polar surface area (TPSA) is 117 Å². The number of aromatic nitrogens is 2. The van der Waals surface area contributed by atoms with Crippen LogP contribution in [0.5, 0.6) is 0 Å². The van der Waals surface area contributed by atoms with Crippen LogP contribution in [0.2, 0.25) is 0 Å². The summed E-state index contributed by atoms with van der Waals surface area (Å²) in [4.78, 5) is 35.9. The van der Waals surface area contributed by atoms with E-state index < -0.39 is 59.3 Å². The number of halogens is 6. The number of amides is 2. The molecule has 2 bridgehead atoms. The number of fused-ring (bicyclic) bond motifs is 2. The third-order valence-electron chi connectivity index (χ3n) is 7.39. The SMILES string of the molecule is C[C@H](Nc1cc(C(F)(F)F)c(-c2sc(C(=O)N[C@@H]3COC[C@@H]3O)nc2C(=O)N2[C@H]3CC[C@H]2CC3)cn1)C(F)(F)F. The maximum absolute atomic E-state index is 14.2. The minimum atomic E-state index is -5.04. The van der Waals surface area contributed by atoms with Gasteiger partial charge in [0.25, 0.3) is 11.8 Å². The number of nitrogens with one attached hydrogen (secondary N) is 2. The Bertz CT molecular complexity index is 1280. The highest BCUT2D eigenvalue weighted by molar-refractivity contribution is 7.17. The summed E-state index contributed by atoms with van der Waals surface area (Å²) < 4.78 is 86.8. The molecule has 5 rings (SSSR count). The highest BCUT2D eigenvalue weighted by atomic mass is 32.1. The molecule has 0 spiro atoms. The number of hydrogen-bond donors (Lipinski definition) is 3. The number of nitrogens with zero attached hydrogens (tertiary/aromatic N) is 3. The quantitative estimate of drug-likeness (QED) is 0.436. The molecule has 2 amide bonds. The first-order chi connectivity index (χ1) is 18.7. The number of aliphatic hydroxyl groups is 1. The number of thiazole rings is 1. The van der Waals surface area contributed by atoms with E-state index in [9.17, 15) is 41.0 Å². The standard InChI is InChI=1S/C24H25F6N5O4S/c1-10(23(25,26)27)32-17-6-14(24(28,29)30)13(7-31-17)19-18(22(38)35-11-2-3-12(35)5-4-11)34-21(40-19)20(37)33-15-8-39-9-16(15)36/h6-7,10-12,15-16,36H,2-5,8-9H2,1H3,(H,31,32)(H,33,37)/t10-,11-,12-,15+,16-/m0/s1. The molecule has 3 N–H and O–H groups in total. The lowest BCUT2D eigenvalue weighted by molar-refractivity contribution is -0.138. The lowest BCUT2D eigenvalue weighted by Crippen LogP contribution is -2.42. The van der Waals surface area contributed by atoms with E-state index in [0.29, 0.717) is 17.4 Å². The van der Waals surface area contributed by atoms with Crippen molar-refractivity contribution in [2.75, 3.05) is 18.5 Å². The summed E-state index contributed by atoms with van der Waals surface area (Å²) >= 11 is 0.536. The molecule has 3 saturated heterocycles. The summed E-state index contributed by atoms with van der Waals surface area (Å²) in [6.07, 6.45) is -7.05. The molecule has 0 aromatic carbocycles. The summed E-state index contributed by atoms with van der Waals surface area (Å²) in [7, 11) is 0. The van der Waals surface area contributed by atoms with Gasteiger partial charge in [0.2, 0.25) is 0 Å². The van der Waals surface area contributed by atoms with E-state index in [0.717, 1.165) is 38.8 Å². The van der Waals surface area contributed by atoms with E-state index in [-0.39, 0.29) is 40.9 Å². The lowest BCUT2D eigenvalue weighted by atomic mass is 10.0. The van der Waals surface area contributed by atoms with Crippen molar-refractivity contribution in [3.63, 3.8) is 0 Å². The molecule has 3 aliphatic heterocycles. The predicted octanol–water partition coefficient (Wildman–Crippen LogP) is 3.84. The van der Waals surface area contributed by atoms with Crippen molar-refractivity contribution < 1.29 is 45.8 Å². The molecule has 3 fully saturated rings. The lowest BCUT2D eigenvalue weighted by Gasteiger charge is -2.22. The number of aliphatic hydroxyl groups excluding tert-OH is 1. The normalized spacial score (nSPS) is 25.4. The molecule has 0 saturated carbocycles. The van der Waals surface area contributed by atoms with Gasteiger partial charge in [-0.25, -0.2) is 9.97 Å². The minimum Gasteiger partial charge on any atom is -0.388 e. The molecule has 2 aromatic heterocycles. The van der Waals surface area contributed by atoms with Gasteiger partial charge in [0.15, 0.2) is 5.01 Å². The van der Waals surface area contributed by atoms with Gasteiger partial charge in [0.05, 0.1) is 35.8 Å². The van der Waals surface area contributed by atoms with Crippen LogP contribution in [-0.2, 0) is 10.9 Å². The van der Waals surface area contributed by atoms with Crippen molar-refractivity contribution in [1.29, 1.82) is 0 Å². The third kappa shape index (κ3) is 5.48. The van der Waals surface area contributed by atoms with E-state index in [1.54, 1.807) is 4.90 Å². The number of hydrogen-bond acceptors (Lipinski definition) is 8. The van der Waals surface area contributed by atoms with Gasteiger partial charge in [-0.1, -0.05) is 0 Å². The van der Waals surface area contributed by atoms with Crippen molar-refractivity contribution in [3.05, 3.63) is 28.5 Å². The Morgan fingerprint density at radius 1 is 1.12 bits per heavy atom. The van der Waals surface area contributed by atoms with Gasteiger partial charge in [0.1, 0.15) is 17.6 Å². The van der Waals surface area contributed by atoms with E-state index in [4.69, 9.17) is 4.74 Å². The van der Waals surface area contributed by atoms with Crippen LogP contribution in [0.4, 0.5) is 32.2 Å².